The highest BCUT2D eigenvalue weighted by molar-refractivity contribution is 7.89. The normalized spacial score (nSPS) is 17.4. The molecule has 226 valence electrons. The Kier molecular flexibility index (Phi) is 11.9. The molecule has 1 amide bonds. The van der Waals surface area contributed by atoms with Crippen LogP contribution in [0.2, 0.25) is 6.82 Å². The molecule has 3 atom stereocenters. The van der Waals surface area contributed by atoms with Crippen molar-refractivity contribution in [2.75, 3.05) is 26.3 Å². The van der Waals surface area contributed by atoms with Crippen LogP contribution in [0.5, 0.6) is 0 Å². The molecule has 0 radical (unpaired) electrons. The molecule has 1 heterocycles. The van der Waals surface area contributed by atoms with E-state index in [0.717, 1.165) is 4.31 Å². The first-order valence-electron chi connectivity index (χ1n) is 13.4. The van der Waals surface area contributed by atoms with Crippen molar-refractivity contribution in [3.63, 3.8) is 0 Å². The van der Waals surface area contributed by atoms with E-state index in [4.69, 9.17) is 14.0 Å². The number of sulfonamides is 1. The minimum atomic E-state index is -5.15. The summed E-state index contributed by atoms with van der Waals surface area (Å²) >= 11 is 0. The summed E-state index contributed by atoms with van der Waals surface area (Å²) in [5.74, 6) is -0.162. The molecule has 0 spiro atoms. The van der Waals surface area contributed by atoms with Gasteiger partial charge in [0.15, 0.2) is 0 Å². The van der Waals surface area contributed by atoms with E-state index >= 15 is 0 Å². The first kappa shape index (κ1) is 33.2. The summed E-state index contributed by atoms with van der Waals surface area (Å²) in [5, 5.41) is 12.5. The van der Waals surface area contributed by atoms with Gasteiger partial charge in [-0.2, -0.15) is 4.31 Å². The Hall–Kier alpha value is -2.29. The van der Waals surface area contributed by atoms with Gasteiger partial charge in [0.25, 0.3) is 0 Å². The summed E-state index contributed by atoms with van der Waals surface area (Å²) in [4.78, 5) is 32.4. The van der Waals surface area contributed by atoms with E-state index in [1.54, 1.807) is 51.0 Å². The van der Waals surface area contributed by atoms with Crippen molar-refractivity contribution < 1.29 is 46.6 Å². The third-order valence-corrected chi connectivity index (χ3v) is 8.83. The fourth-order valence-corrected chi connectivity index (χ4v) is 6.62. The summed E-state index contributed by atoms with van der Waals surface area (Å²) in [7, 11) is -9.33. The molecular formula is C26H38BN2O10PS. The van der Waals surface area contributed by atoms with E-state index in [-0.39, 0.29) is 30.4 Å². The average molecular weight is 612 g/mol. The number of amides is 1. The van der Waals surface area contributed by atoms with Crippen LogP contribution in [0.25, 0.3) is 0 Å². The molecule has 12 nitrogen and oxygen atoms in total. The maximum atomic E-state index is 13.8. The summed E-state index contributed by atoms with van der Waals surface area (Å²) in [6.07, 6.45) is -2.20. The van der Waals surface area contributed by atoms with Crippen LogP contribution in [-0.2, 0) is 35.0 Å². The van der Waals surface area contributed by atoms with Crippen LogP contribution in [0, 0.1) is 5.92 Å². The molecule has 41 heavy (non-hydrogen) atoms. The summed E-state index contributed by atoms with van der Waals surface area (Å²) < 4.78 is 56.6. The largest absolute Gasteiger partial charge is 0.469 e. The standard InChI is InChI=1S/C26H38BN2O10PS/c1-19(2)16-29(41(35,36)23-11-9-21(10-12-23)27(3)31)17-25(39-40(32,33)34)24(15-20-7-5-4-6-8-20)28-26(30)38-22-13-14-37-18-22/h4-12,19,22,24-25,31H,13-18H2,1-3H3,(H,28,30)(H2,32,33,34)/t22-,24-,25+/m0/s1. The van der Waals surface area contributed by atoms with Crippen molar-refractivity contribution >= 4 is 36.3 Å². The van der Waals surface area contributed by atoms with E-state index in [1.807, 2.05) is 0 Å². The van der Waals surface area contributed by atoms with Gasteiger partial charge in [-0.25, -0.2) is 17.8 Å². The van der Waals surface area contributed by atoms with Gasteiger partial charge in [-0.15, -0.1) is 0 Å². The van der Waals surface area contributed by atoms with Crippen molar-refractivity contribution in [3.8, 4) is 0 Å². The first-order chi connectivity index (χ1) is 19.2. The molecule has 0 aliphatic carbocycles. The number of carbonyl (C=O) groups is 1. The van der Waals surface area contributed by atoms with Crippen molar-refractivity contribution in [1.29, 1.82) is 0 Å². The number of benzene rings is 2. The van der Waals surface area contributed by atoms with Crippen molar-refractivity contribution in [2.24, 2.45) is 5.92 Å². The van der Waals surface area contributed by atoms with Crippen molar-refractivity contribution in [1.82, 2.24) is 9.62 Å². The van der Waals surface area contributed by atoms with Crippen molar-refractivity contribution in [2.45, 2.75) is 56.7 Å². The van der Waals surface area contributed by atoms with Gasteiger partial charge in [0.2, 0.25) is 10.0 Å². The number of carbonyl (C=O) groups excluding carboxylic acids is 1. The summed E-state index contributed by atoms with van der Waals surface area (Å²) in [6.45, 7) is 4.57. The van der Waals surface area contributed by atoms with Crippen LogP contribution in [0.1, 0.15) is 25.8 Å². The van der Waals surface area contributed by atoms with Gasteiger partial charge < -0.3 is 29.6 Å². The van der Waals surface area contributed by atoms with Crippen molar-refractivity contribution in [3.05, 3.63) is 60.2 Å². The fourth-order valence-electron chi connectivity index (χ4n) is 4.44. The molecule has 4 N–H and O–H groups in total. The molecule has 0 unspecified atom stereocenters. The van der Waals surface area contributed by atoms with E-state index in [0.29, 0.717) is 24.1 Å². The zero-order valence-electron chi connectivity index (χ0n) is 23.3. The molecule has 0 aromatic heterocycles. The predicted octanol–water partition coefficient (Wildman–Crippen LogP) is 1.76. The Morgan fingerprint density at radius 3 is 2.34 bits per heavy atom. The van der Waals surface area contributed by atoms with Gasteiger partial charge in [0.1, 0.15) is 12.2 Å². The second kappa shape index (κ2) is 14.7. The van der Waals surface area contributed by atoms with E-state index < -0.39 is 55.6 Å². The molecule has 3 rings (SSSR count). The SMILES string of the molecule is CB(O)c1ccc(S(=O)(=O)N(CC(C)C)C[C@@H](OP(=O)(O)O)[C@H](Cc2ccccc2)NC(=O)O[C@H]2CCOC2)cc1. The summed E-state index contributed by atoms with van der Waals surface area (Å²) in [5.41, 5.74) is 1.24. The Morgan fingerprint density at radius 2 is 1.80 bits per heavy atom. The molecule has 15 heteroatoms. The molecule has 2 aromatic rings. The number of rotatable bonds is 14. The Balaban J connectivity index is 1.97. The van der Waals surface area contributed by atoms with Gasteiger partial charge in [-0.3, -0.25) is 4.52 Å². The zero-order chi connectivity index (χ0) is 30.2. The van der Waals surface area contributed by atoms with Gasteiger partial charge >= 0.3 is 20.8 Å². The molecule has 1 saturated heterocycles. The molecule has 2 aromatic carbocycles. The number of ether oxygens (including phenoxy) is 2. The number of phosphoric ester groups is 1. The molecule has 0 bridgehead atoms. The number of nitrogens with zero attached hydrogens (tertiary/aromatic N) is 1. The zero-order valence-corrected chi connectivity index (χ0v) is 25.0. The molecule has 1 fully saturated rings. The number of alkyl carbamates (subject to hydrolysis) is 1. The molecule has 1 aliphatic rings. The van der Waals surface area contributed by atoms with Crippen LogP contribution >= 0.6 is 7.82 Å². The maximum Gasteiger partial charge on any atom is 0.469 e. The second-order valence-corrected chi connectivity index (χ2v) is 13.6. The third-order valence-electron chi connectivity index (χ3n) is 6.44. The minimum absolute atomic E-state index is 0.00340. The molecular weight excluding hydrogens is 574 g/mol. The van der Waals surface area contributed by atoms with Crippen LogP contribution in [0.15, 0.2) is 59.5 Å². The monoisotopic (exact) mass is 612 g/mol. The second-order valence-electron chi connectivity index (χ2n) is 10.4. The smallest absolute Gasteiger partial charge is 0.447 e. The summed E-state index contributed by atoms with van der Waals surface area (Å²) in [6, 6.07) is 13.5. The van der Waals surface area contributed by atoms with Gasteiger partial charge in [0.05, 0.1) is 24.2 Å². The fraction of sp³-hybridized carbons (Fsp3) is 0.500. The van der Waals surface area contributed by atoms with E-state index in [1.165, 1.54) is 24.3 Å². The first-order valence-corrected chi connectivity index (χ1v) is 16.3. The van der Waals surface area contributed by atoms with Crippen LogP contribution < -0.4 is 10.8 Å². The Bertz CT molecular complexity index is 1270. The lowest BCUT2D eigenvalue weighted by molar-refractivity contribution is 0.0601. The molecule has 0 saturated carbocycles. The highest BCUT2D eigenvalue weighted by Crippen LogP contribution is 2.39. The maximum absolute atomic E-state index is 13.8. The number of hydrogen-bond acceptors (Lipinski definition) is 8. The Morgan fingerprint density at radius 1 is 1.15 bits per heavy atom. The van der Waals surface area contributed by atoms with Crippen LogP contribution in [-0.4, -0.2) is 85.1 Å². The Labute approximate surface area is 241 Å². The third kappa shape index (κ3) is 10.5. The van der Waals surface area contributed by atoms with Crippen LogP contribution in [0.3, 0.4) is 0 Å². The number of nitrogens with one attached hydrogen (secondary N) is 1. The average Bonchev–Trinajstić information content (AvgIpc) is 3.40. The van der Waals surface area contributed by atoms with Gasteiger partial charge in [0, 0.05) is 19.5 Å². The quantitative estimate of drug-likeness (QED) is 0.182. The van der Waals surface area contributed by atoms with Gasteiger partial charge in [-0.1, -0.05) is 63.1 Å². The number of phosphoric acid groups is 1. The highest BCUT2D eigenvalue weighted by Gasteiger charge is 2.37. The predicted molar refractivity (Wildman–Crippen MR) is 153 cm³/mol. The molecule has 1 aliphatic heterocycles. The number of hydrogen-bond donors (Lipinski definition) is 4. The lowest BCUT2D eigenvalue weighted by atomic mass is 9.64. The topological polar surface area (TPSA) is 172 Å². The van der Waals surface area contributed by atoms with Gasteiger partial charge in [-0.05, 0) is 35.5 Å². The minimum Gasteiger partial charge on any atom is -0.447 e. The van der Waals surface area contributed by atoms with E-state index in [9.17, 15) is 32.6 Å². The lowest BCUT2D eigenvalue weighted by Gasteiger charge is -2.33. The lowest BCUT2D eigenvalue weighted by Crippen LogP contribution is -2.52. The van der Waals surface area contributed by atoms with E-state index in [2.05, 4.69) is 5.32 Å². The highest BCUT2D eigenvalue weighted by atomic mass is 32.2. The van der Waals surface area contributed by atoms with Crippen LogP contribution in [0.4, 0.5) is 4.79 Å².